The number of likely N-dealkylation sites (N-methyl/N-ethyl adjacent to an activating group) is 1. The highest BCUT2D eigenvalue weighted by atomic mass is 16.5. The van der Waals surface area contributed by atoms with Gasteiger partial charge in [0.15, 0.2) is 0 Å². The second kappa shape index (κ2) is 8.95. The third kappa shape index (κ3) is 6.03. The average Bonchev–Trinajstić information content (AvgIpc) is 2.36. The van der Waals surface area contributed by atoms with Crippen LogP contribution in [0.5, 0.6) is 5.75 Å². The van der Waals surface area contributed by atoms with E-state index in [9.17, 15) is 0 Å². The minimum atomic E-state index is 0.714. The summed E-state index contributed by atoms with van der Waals surface area (Å²) >= 11 is 0. The molecule has 0 aliphatic heterocycles. The molecule has 18 heavy (non-hydrogen) atoms. The Labute approximate surface area is 110 Å². The van der Waals surface area contributed by atoms with Crippen LogP contribution >= 0.6 is 0 Å². The highest BCUT2D eigenvalue weighted by Crippen LogP contribution is 2.19. The zero-order valence-corrected chi connectivity index (χ0v) is 11.8. The summed E-state index contributed by atoms with van der Waals surface area (Å²) in [6.07, 6.45) is 0.930. The van der Waals surface area contributed by atoms with Gasteiger partial charge in [0.05, 0.1) is 13.2 Å². The lowest BCUT2D eigenvalue weighted by molar-refractivity contribution is 0.121. The van der Waals surface area contributed by atoms with Gasteiger partial charge in [-0.15, -0.1) is 0 Å². The summed E-state index contributed by atoms with van der Waals surface area (Å²) < 4.78 is 11.2. The predicted molar refractivity (Wildman–Crippen MR) is 75.4 cm³/mol. The van der Waals surface area contributed by atoms with Crippen LogP contribution in [0.1, 0.15) is 24.5 Å². The van der Waals surface area contributed by atoms with Crippen LogP contribution in [0.4, 0.5) is 0 Å². The van der Waals surface area contributed by atoms with Gasteiger partial charge in [0.25, 0.3) is 0 Å². The molecule has 1 rings (SSSR count). The second-order valence-corrected chi connectivity index (χ2v) is 4.44. The number of hydrogen-bond donors (Lipinski definition) is 1. The van der Waals surface area contributed by atoms with Gasteiger partial charge in [0.2, 0.25) is 0 Å². The molecule has 0 saturated heterocycles. The van der Waals surface area contributed by atoms with Crippen molar-refractivity contribution in [2.24, 2.45) is 0 Å². The Kier molecular flexibility index (Phi) is 7.46. The predicted octanol–water partition coefficient (Wildman–Crippen LogP) is 2.70. The number of nitrogens with one attached hydrogen (secondary N) is 1. The minimum Gasteiger partial charge on any atom is -0.493 e. The van der Waals surface area contributed by atoms with E-state index in [4.69, 9.17) is 9.47 Å². The summed E-state index contributed by atoms with van der Waals surface area (Å²) in [6, 6.07) is 6.28. The molecule has 0 aliphatic rings. The van der Waals surface area contributed by atoms with E-state index in [1.54, 1.807) is 0 Å². The van der Waals surface area contributed by atoms with Crippen LogP contribution in [0, 0.1) is 13.8 Å². The highest BCUT2D eigenvalue weighted by molar-refractivity contribution is 5.35. The van der Waals surface area contributed by atoms with Crippen LogP contribution in [-0.2, 0) is 4.74 Å². The number of ether oxygens (including phenoxy) is 2. The number of hydrogen-bond acceptors (Lipinski definition) is 3. The van der Waals surface area contributed by atoms with Gasteiger partial charge in [-0.2, -0.15) is 0 Å². The summed E-state index contributed by atoms with van der Waals surface area (Å²) in [5.74, 6) is 0.989. The smallest absolute Gasteiger partial charge is 0.122 e. The van der Waals surface area contributed by atoms with Crippen molar-refractivity contribution < 1.29 is 9.47 Å². The summed E-state index contributed by atoms with van der Waals surface area (Å²) in [7, 11) is 0. The molecule has 0 fully saturated rings. The molecule has 0 saturated carbocycles. The standard InChI is InChI=1S/C15H25NO2/c1-4-16-8-11-17-9-5-10-18-15-12-13(2)6-7-14(15)3/h6-7,12,16H,4-5,8-11H2,1-3H3. The molecule has 0 unspecified atom stereocenters. The van der Waals surface area contributed by atoms with Crippen molar-refractivity contribution in [1.82, 2.24) is 5.32 Å². The number of rotatable bonds is 9. The topological polar surface area (TPSA) is 30.5 Å². The van der Waals surface area contributed by atoms with Gasteiger partial charge in [-0.05, 0) is 37.6 Å². The van der Waals surface area contributed by atoms with E-state index in [1.807, 2.05) is 0 Å². The van der Waals surface area contributed by atoms with Crippen LogP contribution in [0.2, 0.25) is 0 Å². The van der Waals surface area contributed by atoms with Gasteiger partial charge in [-0.1, -0.05) is 19.1 Å². The van der Waals surface area contributed by atoms with Crippen molar-refractivity contribution in [2.75, 3.05) is 32.9 Å². The van der Waals surface area contributed by atoms with Gasteiger partial charge in [0, 0.05) is 19.6 Å². The fourth-order valence-corrected chi connectivity index (χ4v) is 1.63. The van der Waals surface area contributed by atoms with E-state index in [1.165, 1.54) is 11.1 Å². The third-order valence-corrected chi connectivity index (χ3v) is 2.71. The zero-order valence-electron chi connectivity index (χ0n) is 11.8. The Morgan fingerprint density at radius 2 is 1.94 bits per heavy atom. The maximum absolute atomic E-state index is 5.75. The van der Waals surface area contributed by atoms with E-state index in [0.29, 0.717) is 6.61 Å². The molecule has 0 aliphatic carbocycles. The lowest BCUT2D eigenvalue weighted by atomic mass is 10.1. The lowest BCUT2D eigenvalue weighted by Gasteiger charge is -2.10. The first-order chi connectivity index (χ1) is 8.74. The molecule has 3 heteroatoms. The van der Waals surface area contributed by atoms with E-state index in [0.717, 1.165) is 38.5 Å². The zero-order chi connectivity index (χ0) is 13.2. The van der Waals surface area contributed by atoms with E-state index < -0.39 is 0 Å². The quantitative estimate of drug-likeness (QED) is 0.685. The van der Waals surface area contributed by atoms with E-state index in [-0.39, 0.29) is 0 Å². The molecule has 0 spiro atoms. The van der Waals surface area contributed by atoms with Crippen molar-refractivity contribution in [3.05, 3.63) is 29.3 Å². The van der Waals surface area contributed by atoms with Crippen LogP contribution in [0.15, 0.2) is 18.2 Å². The van der Waals surface area contributed by atoms with Crippen LogP contribution in [0.3, 0.4) is 0 Å². The molecule has 102 valence electrons. The molecule has 1 N–H and O–H groups in total. The Morgan fingerprint density at radius 1 is 1.11 bits per heavy atom. The number of benzene rings is 1. The summed E-state index contributed by atoms with van der Waals surface area (Å²) in [6.45, 7) is 10.4. The molecular formula is C15H25NO2. The largest absolute Gasteiger partial charge is 0.493 e. The first kappa shape index (κ1) is 15.0. The third-order valence-electron chi connectivity index (χ3n) is 2.71. The Bertz CT molecular complexity index is 339. The maximum Gasteiger partial charge on any atom is 0.122 e. The number of aryl methyl sites for hydroxylation is 2. The highest BCUT2D eigenvalue weighted by Gasteiger charge is 1.99. The van der Waals surface area contributed by atoms with Gasteiger partial charge in [-0.25, -0.2) is 0 Å². The van der Waals surface area contributed by atoms with E-state index in [2.05, 4.69) is 44.3 Å². The molecule has 0 atom stereocenters. The van der Waals surface area contributed by atoms with Gasteiger partial charge in [0.1, 0.15) is 5.75 Å². The van der Waals surface area contributed by atoms with Crippen molar-refractivity contribution >= 4 is 0 Å². The van der Waals surface area contributed by atoms with Crippen molar-refractivity contribution in [1.29, 1.82) is 0 Å². The monoisotopic (exact) mass is 251 g/mol. The van der Waals surface area contributed by atoms with Gasteiger partial charge in [-0.3, -0.25) is 0 Å². The maximum atomic E-state index is 5.75. The average molecular weight is 251 g/mol. The Hall–Kier alpha value is -1.06. The lowest BCUT2D eigenvalue weighted by Crippen LogP contribution is -2.19. The molecule has 0 heterocycles. The molecule has 0 radical (unpaired) electrons. The van der Waals surface area contributed by atoms with Crippen LogP contribution < -0.4 is 10.1 Å². The summed E-state index contributed by atoms with van der Waals surface area (Å²) in [4.78, 5) is 0. The normalized spacial score (nSPS) is 10.6. The molecule has 0 aromatic heterocycles. The van der Waals surface area contributed by atoms with Crippen LogP contribution in [0.25, 0.3) is 0 Å². The Balaban J connectivity index is 2.09. The van der Waals surface area contributed by atoms with Crippen molar-refractivity contribution in [2.45, 2.75) is 27.2 Å². The molecule has 0 amide bonds. The van der Waals surface area contributed by atoms with Gasteiger partial charge < -0.3 is 14.8 Å². The fourth-order valence-electron chi connectivity index (χ4n) is 1.63. The molecule has 3 nitrogen and oxygen atoms in total. The summed E-state index contributed by atoms with van der Waals surface area (Å²) in [5.41, 5.74) is 2.42. The summed E-state index contributed by atoms with van der Waals surface area (Å²) in [5, 5.41) is 3.22. The van der Waals surface area contributed by atoms with Gasteiger partial charge >= 0.3 is 0 Å². The SMILES string of the molecule is CCNCCOCCCOc1cc(C)ccc1C. The molecule has 1 aromatic carbocycles. The molecule has 1 aromatic rings. The Morgan fingerprint density at radius 3 is 2.72 bits per heavy atom. The minimum absolute atomic E-state index is 0.714. The van der Waals surface area contributed by atoms with Crippen LogP contribution in [-0.4, -0.2) is 32.9 Å². The first-order valence-corrected chi connectivity index (χ1v) is 6.72. The molecule has 0 bridgehead atoms. The first-order valence-electron chi connectivity index (χ1n) is 6.72. The fraction of sp³-hybridized carbons (Fsp3) is 0.600. The van der Waals surface area contributed by atoms with Crippen molar-refractivity contribution in [3.8, 4) is 5.75 Å². The second-order valence-electron chi connectivity index (χ2n) is 4.44. The molecular weight excluding hydrogens is 226 g/mol. The van der Waals surface area contributed by atoms with E-state index >= 15 is 0 Å². The van der Waals surface area contributed by atoms with Crippen molar-refractivity contribution in [3.63, 3.8) is 0 Å².